The highest BCUT2D eigenvalue weighted by molar-refractivity contribution is 5.92. The van der Waals surface area contributed by atoms with E-state index in [0.717, 1.165) is 11.1 Å². The summed E-state index contributed by atoms with van der Waals surface area (Å²) in [6.45, 7) is 8.68. The molecule has 1 unspecified atom stereocenters. The number of tetrazole rings is 1. The van der Waals surface area contributed by atoms with Crippen LogP contribution >= 0.6 is 0 Å². The van der Waals surface area contributed by atoms with Crippen LogP contribution in [0.1, 0.15) is 43.5 Å². The van der Waals surface area contributed by atoms with Crippen LogP contribution in [0.15, 0.2) is 53.7 Å². The quantitative estimate of drug-likeness (QED) is 0.518. The number of carbonyl (C=O) groups excluding carboxylic acids is 1. The lowest BCUT2D eigenvalue weighted by Crippen LogP contribution is -2.29. The van der Waals surface area contributed by atoms with Crippen LogP contribution in [0, 0.1) is 6.92 Å². The zero-order valence-corrected chi connectivity index (χ0v) is 19.2. The third-order valence-electron chi connectivity index (χ3n) is 5.27. The molecule has 3 aromatic rings. The molecule has 1 aliphatic rings. The van der Waals surface area contributed by atoms with E-state index in [1.165, 1.54) is 5.56 Å². The summed E-state index contributed by atoms with van der Waals surface area (Å²) < 4.78 is 18.8. The number of benzene rings is 2. The molecular formula is C24H27N5O4. The molecule has 4 rings (SSSR count). The average Bonchev–Trinajstić information content (AvgIpc) is 3.25. The predicted octanol–water partition coefficient (Wildman–Crippen LogP) is 3.81. The van der Waals surface area contributed by atoms with E-state index in [9.17, 15) is 4.79 Å². The third-order valence-corrected chi connectivity index (χ3v) is 5.27. The molecule has 0 bridgehead atoms. The molecule has 0 saturated heterocycles. The van der Waals surface area contributed by atoms with Crippen molar-refractivity contribution < 1.29 is 19.0 Å². The molecule has 172 valence electrons. The number of allylic oxidation sites excluding steroid dienone is 1. The van der Waals surface area contributed by atoms with E-state index in [2.05, 4.69) is 26.9 Å². The molecule has 0 spiro atoms. The number of rotatable bonds is 8. The Morgan fingerprint density at radius 3 is 2.67 bits per heavy atom. The van der Waals surface area contributed by atoms with E-state index in [1.807, 2.05) is 50.2 Å². The number of hydrogen-bond donors (Lipinski definition) is 1. The minimum absolute atomic E-state index is 0.265. The maximum Gasteiger partial charge on any atom is 0.338 e. The fourth-order valence-electron chi connectivity index (χ4n) is 3.84. The first-order valence-electron chi connectivity index (χ1n) is 10.9. The topological polar surface area (TPSA) is 100 Å². The molecule has 0 saturated carbocycles. The van der Waals surface area contributed by atoms with Crippen LogP contribution in [0.2, 0.25) is 0 Å². The molecule has 2 heterocycles. The predicted molar refractivity (Wildman–Crippen MR) is 122 cm³/mol. The smallest absolute Gasteiger partial charge is 0.338 e. The molecule has 0 fully saturated rings. The van der Waals surface area contributed by atoms with Gasteiger partial charge in [0.25, 0.3) is 0 Å². The van der Waals surface area contributed by atoms with Crippen molar-refractivity contribution in [2.75, 3.05) is 18.5 Å². The number of nitrogens with zero attached hydrogens (tertiary/aromatic N) is 4. The molecule has 2 aromatic carbocycles. The highest BCUT2D eigenvalue weighted by Gasteiger charge is 2.35. The summed E-state index contributed by atoms with van der Waals surface area (Å²) in [6.07, 6.45) is 0. The Morgan fingerprint density at radius 1 is 1.06 bits per heavy atom. The summed E-state index contributed by atoms with van der Waals surface area (Å²) in [5, 5.41) is 15.0. The minimum atomic E-state index is -0.569. The van der Waals surface area contributed by atoms with Crippen molar-refractivity contribution in [2.24, 2.45) is 0 Å². The van der Waals surface area contributed by atoms with Gasteiger partial charge in [-0.15, -0.1) is 0 Å². The van der Waals surface area contributed by atoms with Crippen molar-refractivity contribution in [3.8, 4) is 11.5 Å². The highest BCUT2D eigenvalue weighted by atomic mass is 16.5. The maximum absolute atomic E-state index is 12.8. The van der Waals surface area contributed by atoms with Gasteiger partial charge in [0.2, 0.25) is 5.95 Å². The Hall–Kier alpha value is -3.88. The van der Waals surface area contributed by atoms with Crippen molar-refractivity contribution in [3.63, 3.8) is 0 Å². The zero-order chi connectivity index (χ0) is 23.4. The molecule has 1 atom stereocenters. The van der Waals surface area contributed by atoms with Gasteiger partial charge >= 0.3 is 5.97 Å². The Bertz CT molecular complexity index is 1190. The van der Waals surface area contributed by atoms with E-state index >= 15 is 0 Å². The molecule has 1 N–H and O–H groups in total. The van der Waals surface area contributed by atoms with Crippen LogP contribution in [0.5, 0.6) is 11.5 Å². The van der Waals surface area contributed by atoms with Gasteiger partial charge in [-0.2, -0.15) is 4.68 Å². The van der Waals surface area contributed by atoms with Gasteiger partial charge in [0.05, 0.1) is 18.8 Å². The molecule has 9 heteroatoms. The second-order valence-corrected chi connectivity index (χ2v) is 7.65. The van der Waals surface area contributed by atoms with Gasteiger partial charge in [-0.1, -0.05) is 41.0 Å². The van der Waals surface area contributed by atoms with E-state index in [1.54, 1.807) is 18.5 Å². The van der Waals surface area contributed by atoms with Crippen molar-refractivity contribution in [3.05, 3.63) is 70.4 Å². The Morgan fingerprint density at radius 2 is 1.91 bits per heavy atom. The summed E-state index contributed by atoms with van der Waals surface area (Å²) >= 11 is 0. The van der Waals surface area contributed by atoms with E-state index in [0.29, 0.717) is 41.9 Å². The van der Waals surface area contributed by atoms with Crippen molar-refractivity contribution in [2.45, 2.75) is 40.3 Å². The van der Waals surface area contributed by atoms with E-state index < -0.39 is 12.0 Å². The van der Waals surface area contributed by atoms with Gasteiger partial charge in [0.15, 0.2) is 11.5 Å². The van der Waals surface area contributed by atoms with Gasteiger partial charge in [-0.25, -0.2) is 4.79 Å². The van der Waals surface area contributed by atoms with Gasteiger partial charge in [0, 0.05) is 5.70 Å². The molecule has 0 amide bonds. The normalized spacial score (nSPS) is 15.0. The number of nitrogens with one attached hydrogen (secondary N) is 1. The minimum Gasteiger partial charge on any atom is -0.490 e. The monoisotopic (exact) mass is 449 g/mol. The first-order chi connectivity index (χ1) is 16.0. The number of aromatic nitrogens is 4. The highest BCUT2D eigenvalue weighted by Crippen LogP contribution is 2.39. The molecule has 9 nitrogen and oxygen atoms in total. The van der Waals surface area contributed by atoms with Gasteiger partial charge in [-0.05, 0) is 61.4 Å². The fraction of sp³-hybridized carbons (Fsp3) is 0.333. The molecule has 0 aliphatic carbocycles. The van der Waals surface area contributed by atoms with Gasteiger partial charge in [-0.3, -0.25) is 0 Å². The molecule has 33 heavy (non-hydrogen) atoms. The van der Waals surface area contributed by atoms with Crippen molar-refractivity contribution >= 4 is 11.9 Å². The number of anilines is 1. The van der Waals surface area contributed by atoms with Crippen molar-refractivity contribution in [1.82, 2.24) is 20.2 Å². The Kier molecular flexibility index (Phi) is 6.58. The van der Waals surface area contributed by atoms with Crippen LogP contribution in [0.4, 0.5) is 5.95 Å². The summed E-state index contributed by atoms with van der Waals surface area (Å²) in [4.78, 5) is 12.8. The third kappa shape index (κ3) is 4.67. The van der Waals surface area contributed by atoms with Gasteiger partial charge in [0.1, 0.15) is 12.6 Å². The molecule has 1 aliphatic heterocycles. The SMILES string of the molecule is CCOC(=O)C1=C(C)Nc2nnnn2C1c1ccc(OCc2cccc(C)c2)c(OCC)c1. The van der Waals surface area contributed by atoms with E-state index in [4.69, 9.17) is 14.2 Å². The molecular weight excluding hydrogens is 422 g/mol. The lowest BCUT2D eigenvalue weighted by atomic mass is 9.95. The van der Waals surface area contributed by atoms with Crippen LogP contribution in [0.3, 0.4) is 0 Å². The molecule has 1 aromatic heterocycles. The summed E-state index contributed by atoms with van der Waals surface area (Å²) in [5.74, 6) is 1.22. The second-order valence-electron chi connectivity index (χ2n) is 7.65. The van der Waals surface area contributed by atoms with Crippen LogP contribution in [-0.4, -0.2) is 39.4 Å². The number of fused-ring (bicyclic) bond motifs is 1. The number of aryl methyl sites for hydroxylation is 1. The van der Waals surface area contributed by atoms with Crippen LogP contribution in [-0.2, 0) is 16.1 Å². The lowest BCUT2D eigenvalue weighted by Gasteiger charge is -2.27. The number of carbonyl (C=O) groups is 1. The standard InChI is InChI=1S/C24H27N5O4/c1-5-31-20-13-18(10-11-19(20)33-14-17-9-7-8-15(3)12-17)22-21(23(30)32-6-2)16(4)25-24-26-27-28-29(22)24/h7-13,22H,5-6,14H2,1-4H3,(H,25,26,28). The first-order valence-corrected chi connectivity index (χ1v) is 10.9. The van der Waals surface area contributed by atoms with Crippen LogP contribution in [0.25, 0.3) is 0 Å². The second kappa shape index (κ2) is 9.72. The Balaban J connectivity index is 1.70. The number of hydrogen-bond acceptors (Lipinski definition) is 8. The zero-order valence-electron chi connectivity index (χ0n) is 19.2. The Labute approximate surface area is 192 Å². The maximum atomic E-state index is 12.8. The summed E-state index contributed by atoms with van der Waals surface area (Å²) in [6, 6.07) is 13.2. The molecule has 0 radical (unpaired) electrons. The lowest BCUT2D eigenvalue weighted by molar-refractivity contribution is -0.139. The van der Waals surface area contributed by atoms with Gasteiger partial charge < -0.3 is 19.5 Å². The van der Waals surface area contributed by atoms with E-state index in [-0.39, 0.29) is 6.61 Å². The number of esters is 1. The summed E-state index contributed by atoms with van der Waals surface area (Å²) in [7, 11) is 0. The average molecular weight is 450 g/mol. The first kappa shape index (κ1) is 22.3. The fourth-order valence-corrected chi connectivity index (χ4v) is 3.84. The largest absolute Gasteiger partial charge is 0.490 e. The van der Waals surface area contributed by atoms with Crippen molar-refractivity contribution in [1.29, 1.82) is 0 Å². The number of ether oxygens (including phenoxy) is 3. The van der Waals surface area contributed by atoms with Crippen LogP contribution < -0.4 is 14.8 Å². The summed E-state index contributed by atoms with van der Waals surface area (Å²) in [5.41, 5.74) is 4.10.